The average molecular weight is 333 g/mol. The van der Waals surface area contributed by atoms with E-state index in [2.05, 4.69) is 17.2 Å². The van der Waals surface area contributed by atoms with Crippen molar-refractivity contribution in [1.82, 2.24) is 10.3 Å². The third kappa shape index (κ3) is 2.47. The summed E-state index contributed by atoms with van der Waals surface area (Å²) in [5.41, 5.74) is 6.18. The number of aliphatic hydroxyl groups excluding tert-OH is 1. The molecule has 6 atom stereocenters. The molecule has 3 saturated carbocycles. The van der Waals surface area contributed by atoms with E-state index in [1.807, 2.05) is 0 Å². The smallest absolute Gasteiger partial charge is 0.273 e. The topological polar surface area (TPSA) is 101 Å². The van der Waals surface area contributed by atoms with E-state index in [-0.39, 0.29) is 35.6 Å². The number of nitrogens with one attached hydrogen (secondary N) is 1. The Morgan fingerprint density at radius 2 is 2.29 bits per heavy atom. The minimum Gasteiger partial charge on any atom is -0.446 e. The van der Waals surface area contributed by atoms with Crippen molar-refractivity contribution in [3.63, 3.8) is 0 Å². The van der Waals surface area contributed by atoms with E-state index in [9.17, 15) is 4.79 Å². The van der Waals surface area contributed by atoms with Gasteiger partial charge in [-0.2, -0.15) is 0 Å². The summed E-state index contributed by atoms with van der Waals surface area (Å²) in [6, 6.07) is -0.544. The van der Waals surface area contributed by atoms with E-state index in [4.69, 9.17) is 15.3 Å². The normalized spacial score (nSPS) is 36.5. The Morgan fingerprint density at radius 3 is 3.08 bits per heavy atom. The fourth-order valence-corrected chi connectivity index (χ4v) is 5.72. The van der Waals surface area contributed by atoms with Crippen molar-refractivity contribution in [2.75, 3.05) is 6.61 Å². The van der Waals surface area contributed by atoms with Crippen molar-refractivity contribution in [2.45, 2.75) is 57.5 Å². The number of hydrogen-bond donors (Lipinski definition) is 3. The summed E-state index contributed by atoms with van der Waals surface area (Å²) in [4.78, 5) is 16.7. The molecule has 0 radical (unpaired) electrons. The SMILES string of the molecule is CC(NC(=O)c1coc(C(N)CO)n1)C12CCC3CC(CC1C3)C2. The molecule has 1 heterocycles. The molecular weight excluding hydrogens is 306 g/mol. The van der Waals surface area contributed by atoms with E-state index in [1.54, 1.807) is 0 Å². The van der Waals surface area contributed by atoms with Crippen LogP contribution in [0.4, 0.5) is 0 Å². The first-order valence-electron chi connectivity index (χ1n) is 9.14. The maximum Gasteiger partial charge on any atom is 0.273 e. The molecule has 0 saturated heterocycles. The van der Waals surface area contributed by atoms with E-state index in [0.29, 0.717) is 0 Å². The molecule has 0 aromatic carbocycles. The second kappa shape index (κ2) is 5.85. The Bertz CT molecular complexity index is 631. The lowest BCUT2D eigenvalue weighted by molar-refractivity contribution is 0.0519. The fourth-order valence-electron chi connectivity index (χ4n) is 5.72. The number of fused-ring (bicyclic) bond motifs is 2. The van der Waals surface area contributed by atoms with Crippen molar-refractivity contribution in [1.29, 1.82) is 0 Å². The third-order valence-corrected chi connectivity index (χ3v) is 6.88. The molecule has 3 aliphatic carbocycles. The van der Waals surface area contributed by atoms with E-state index in [1.165, 1.54) is 44.8 Å². The molecule has 6 unspecified atom stereocenters. The van der Waals surface area contributed by atoms with Crippen LogP contribution in [0.2, 0.25) is 0 Å². The highest BCUT2D eigenvalue weighted by molar-refractivity contribution is 5.92. The van der Waals surface area contributed by atoms with E-state index >= 15 is 0 Å². The summed E-state index contributed by atoms with van der Waals surface area (Å²) in [6.07, 6.45) is 9.22. The van der Waals surface area contributed by atoms with Gasteiger partial charge < -0.3 is 20.6 Å². The highest BCUT2D eigenvalue weighted by Gasteiger charge is 2.56. The van der Waals surface area contributed by atoms with Crippen LogP contribution in [0.15, 0.2) is 10.7 Å². The molecular formula is C18H27N3O3. The predicted molar refractivity (Wildman–Crippen MR) is 88.1 cm³/mol. The Kier molecular flexibility index (Phi) is 3.92. The van der Waals surface area contributed by atoms with Gasteiger partial charge >= 0.3 is 0 Å². The zero-order valence-corrected chi connectivity index (χ0v) is 14.2. The minimum absolute atomic E-state index is 0.144. The number of nitrogens with two attached hydrogens (primary N) is 1. The molecule has 0 spiro atoms. The first-order valence-corrected chi connectivity index (χ1v) is 9.14. The summed E-state index contributed by atoms with van der Waals surface area (Å²) in [6.45, 7) is 1.89. The average Bonchev–Trinajstić information content (AvgIpc) is 3.12. The van der Waals surface area contributed by atoms with Crippen molar-refractivity contribution < 1.29 is 14.3 Å². The number of aliphatic hydroxyl groups is 1. The summed E-state index contributed by atoms with van der Waals surface area (Å²) >= 11 is 0. The van der Waals surface area contributed by atoms with Crippen LogP contribution in [-0.4, -0.2) is 28.6 Å². The molecule has 6 nitrogen and oxygen atoms in total. The number of aromatic nitrogens is 1. The number of nitrogens with zero attached hydrogens (tertiary/aromatic N) is 1. The molecule has 3 aliphatic rings. The van der Waals surface area contributed by atoms with Crippen LogP contribution in [0.3, 0.4) is 0 Å². The number of hydrogen-bond acceptors (Lipinski definition) is 5. The second-order valence-corrected chi connectivity index (χ2v) is 8.17. The van der Waals surface area contributed by atoms with Gasteiger partial charge in [0.25, 0.3) is 5.91 Å². The largest absolute Gasteiger partial charge is 0.446 e. The molecule has 3 bridgehead atoms. The lowest BCUT2D eigenvalue weighted by Crippen LogP contribution is -2.49. The molecule has 1 aromatic heterocycles. The van der Waals surface area contributed by atoms with Crippen LogP contribution < -0.4 is 11.1 Å². The third-order valence-electron chi connectivity index (χ3n) is 6.88. The number of carbonyl (C=O) groups excluding carboxylic acids is 1. The van der Waals surface area contributed by atoms with Crippen molar-refractivity contribution >= 4 is 5.91 Å². The predicted octanol–water partition coefficient (Wildman–Crippen LogP) is 2.00. The van der Waals surface area contributed by atoms with E-state index < -0.39 is 6.04 Å². The van der Waals surface area contributed by atoms with Crippen LogP contribution in [0.5, 0.6) is 0 Å². The van der Waals surface area contributed by atoms with Crippen LogP contribution in [-0.2, 0) is 0 Å². The van der Waals surface area contributed by atoms with Gasteiger partial charge in [-0.3, -0.25) is 4.79 Å². The number of amides is 1. The second-order valence-electron chi connectivity index (χ2n) is 8.17. The number of oxazole rings is 1. The van der Waals surface area contributed by atoms with Crippen molar-refractivity contribution in [3.8, 4) is 0 Å². The Balaban J connectivity index is 1.47. The highest BCUT2D eigenvalue weighted by atomic mass is 16.3. The molecule has 1 amide bonds. The van der Waals surface area contributed by atoms with Gasteiger partial charge in [-0.1, -0.05) is 0 Å². The summed E-state index contributed by atoms with van der Waals surface area (Å²) < 4.78 is 5.22. The molecule has 3 fully saturated rings. The Labute approximate surface area is 142 Å². The summed E-state index contributed by atoms with van der Waals surface area (Å²) in [5.74, 6) is 2.54. The standard InChI is InChI=1S/C18H27N3O3/c1-10(18-3-2-11-4-12(7-18)6-13(18)5-11)20-16(23)15-9-24-17(21-15)14(19)8-22/h9-14,22H,2-8,19H2,1H3,(H,20,23). The maximum absolute atomic E-state index is 12.6. The maximum atomic E-state index is 12.6. The van der Waals surface area contributed by atoms with Gasteiger partial charge in [0.1, 0.15) is 12.3 Å². The van der Waals surface area contributed by atoms with E-state index in [0.717, 1.165) is 17.8 Å². The molecule has 6 heteroatoms. The lowest BCUT2D eigenvalue weighted by Gasteiger charge is -2.46. The van der Waals surface area contributed by atoms with Crippen LogP contribution >= 0.6 is 0 Å². The summed E-state index contributed by atoms with van der Waals surface area (Å²) in [5, 5.41) is 12.2. The number of carbonyl (C=O) groups is 1. The van der Waals surface area contributed by atoms with Crippen LogP contribution in [0.1, 0.15) is 67.9 Å². The van der Waals surface area contributed by atoms with Gasteiger partial charge in [0.15, 0.2) is 5.69 Å². The van der Waals surface area contributed by atoms with Crippen molar-refractivity contribution in [2.24, 2.45) is 28.9 Å². The zero-order valence-electron chi connectivity index (χ0n) is 14.2. The monoisotopic (exact) mass is 333 g/mol. The Morgan fingerprint density at radius 1 is 1.50 bits per heavy atom. The first-order chi connectivity index (χ1) is 11.5. The lowest BCUT2D eigenvalue weighted by atomic mass is 9.61. The van der Waals surface area contributed by atoms with Crippen LogP contribution in [0, 0.1) is 23.2 Å². The first kappa shape index (κ1) is 16.1. The molecule has 1 aromatic rings. The molecule has 24 heavy (non-hydrogen) atoms. The molecule has 4 N–H and O–H groups in total. The van der Waals surface area contributed by atoms with Crippen LogP contribution in [0.25, 0.3) is 0 Å². The summed E-state index contributed by atoms with van der Waals surface area (Å²) in [7, 11) is 0. The fraction of sp³-hybridized carbons (Fsp3) is 0.778. The van der Waals surface area contributed by atoms with Gasteiger partial charge in [-0.25, -0.2) is 4.98 Å². The zero-order chi connectivity index (χ0) is 16.9. The quantitative estimate of drug-likeness (QED) is 0.765. The molecule has 0 aliphatic heterocycles. The van der Waals surface area contributed by atoms with Gasteiger partial charge in [0.05, 0.1) is 6.61 Å². The molecule has 4 rings (SSSR count). The van der Waals surface area contributed by atoms with Gasteiger partial charge in [-0.15, -0.1) is 0 Å². The van der Waals surface area contributed by atoms with Gasteiger partial charge in [0, 0.05) is 6.04 Å². The van der Waals surface area contributed by atoms with Gasteiger partial charge in [0.2, 0.25) is 5.89 Å². The number of rotatable bonds is 5. The molecule has 132 valence electrons. The van der Waals surface area contributed by atoms with Crippen molar-refractivity contribution in [3.05, 3.63) is 17.8 Å². The minimum atomic E-state index is -0.688. The Hall–Kier alpha value is -1.40. The highest BCUT2D eigenvalue weighted by Crippen LogP contribution is 2.63. The van der Waals surface area contributed by atoms with Gasteiger partial charge in [-0.05, 0) is 68.6 Å².